The Morgan fingerprint density at radius 2 is 2.31 bits per heavy atom. The minimum atomic E-state index is -0.568. The van der Waals surface area contributed by atoms with Crippen LogP contribution in [0.1, 0.15) is 33.1 Å². The summed E-state index contributed by atoms with van der Waals surface area (Å²) in [5, 5.41) is 14.2. The molecule has 5 nitrogen and oxygen atoms in total. The molecule has 0 aromatic rings. The maximum Gasteiger partial charge on any atom is 0.230 e. The van der Waals surface area contributed by atoms with Gasteiger partial charge in [-0.25, -0.2) is 0 Å². The SMILES string of the molecule is CC(C(=O)NCC1CCCC1C)C(N)=NO. The number of carbonyl (C=O) groups is 1. The second-order valence-electron chi connectivity index (χ2n) is 4.66. The topological polar surface area (TPSA) is 87.7 Å². The molecular formula is C11H21N3O2. The van der Waals surface area contributed by atoms with Crippen LogP contribution in [-0.2, 0) is 4.79 Å². The van der Waals surface area contributed by atoms with Crippen LogP contribution < -0.4 is 11.1 Å². The molecule has 0 spiro atoms. The fraction of sp³-hybridized carbons (Fsp3) is 0.818. The average molecular weight is 227 g/mol. The van der Waals surface area contributed by atoms with Crippen LogP contribution in [0.5, 0.6) is 0 Å². The predicted octanol–water partition coefficient (Wildman–Crippen LogP) is 0.921. The van der Waals surface area contributed by atoms with Crippen molar-refractivity contribution in [1.82, 2.24) is 5.32 Å². The van der Waals surface area contributed by atoms with Crippen molar-refractivity contribution in [1.29, 1.82) is 0 Å². The summed E-state index contributed by atoms with van der Waals surface area (Å²) in [7, 11) is 0. The van der Waals surface area contributed by atoms with E-state index >= 15 is 0 Å². The number of nitrogens with zero attached hydrogens (tertiary/aromatic N) is 1. The lowest BCUT2D eigenvalue weighted by Gasteiger charge is -2.17. The standard InChI is InChI=1S/C11H21N3O2/c1-7-4-3-5-9(7)6-13-11(15)8(2)10(12)14-16/h7-9,16H,3-6H2,1-2H3,(H2,12,14)(H,13,15). The number of oxime groups is 1. The van der Waals surface area contributed by atoms with E-state index < -0.39 is 5.92 Å². The number of nitrogens with one attached hydrogen (secondary N) is 1. The van der Waals surface area contributed by atoms with E-state index in [9.17, 15) is 4.79 Å². The molecule has 0 radical (unpaired) electrons. The summed E-state index contributed by atoms with van der Waals surface area (Å²) in [5.74, 6) is 0.469. The van der Waals surface area contributed by atoms with Gasteiger partial charge < -0.3 is 16.3 Å². The van der Waals surface area contributed by atoms with E-state index in [1.165, 1.54) is 19.3 Å². The van der Waals surface area contributed by atoms with Crippen LogP contribution in [0.3, 0.4) is 0 Å². The second-order valence-corrected chi connectivity index (χ2v) is 4.66. The number of amides is 1. The molecule has 1 fully saturated rings. The predicted molar refractivity (Wildman–Crippen MR) is 62.1 cm³/mol. The van der Waals surface area contributed by atoms with Crippen LogP contribution in [0.25, 0.3) is 0 Å². The molecule has 0 aromatic heterocycles. The fourth-order valence-corrected chi connectivity index (χ4v) is 2.13. The highest BCUT2D eigenvalue weighted by atomic mass is 16.4. The minimum absolute atomic E-state index is 0.0445. The number of amidine groups is 1. The van der Waals surface area contributed by atoms with E-state index in [1.54, 1.807) is 6.92 Å². The zero-order valence-corrected chi connectivity index (χ0v) is 9.94. The van der Waals surface area contributed by atoms with Gasteiger partial charge in [0.05, 0.1) is 5.92 Å². The second kappa shape index (κ2) is 5.72. The molecule has 92 valence electrons. The maximum absolute atomic E-state index is 11.6. The van der Waals surface area contributed by atoms with Gasteiger partial charge in [-0.2, -0.15) is 0 Å². The molecule has 1 aliphatic rings. The number of hydrogen-bond donors (Lipinski definition) is 3. The Morgan fingerprint density at radius 3 is 2.81 bits per heavy atom. The largest absolute Gasteiger partial charge is 0.409 e. The first-order valence-electron chi connectivity index (χ1n) is 5.81. The van der Waals surface area contributed by atoms with Gasteiger partial charge in [0.2, 0.25) is 5.91 Å². The molecule has 1 aliphatic carbocycles. The summed E-state index contributed by atoms with van der Waals surface area (Å²) in [5.41, 5.74) is 5.37. The quantitative estimate of drug-likeness (QED) is 0.289. The molecular weight excluding hydrogens is 206 g/mol. The first-order valence-corrected chi connectivity index (χ1v) is 5.81. The van der Waals surface area contributed by atoms with E-state index in [1.807, 2.05) is 0 Å². The van der Waals surface area contributed by atoms with Crippen LogP contribution in [0.4, 0.5) is 0 Å². The maximum atomic E-state index is 11.6. The van der Waals surface area contributed by atoms with E-state index in [-0.39, 0.29) is 11.7 Å². The summed E-state index contributed by atoms with van der Waals surface area (Å²) < 4.78 is 0. The minimum Gasteiger partial charge on any atom is -0.409 e. The Hall–Kier alpha value is -1.26. The monoisotopic (exact) mass is 227 g/mol. The van der Waals surface area contributed by atoms with Crippen molar-refractivity contribution in [2.45, 2.75) is 33.1 Å². The third kappa shape index (κ3) is 3.12. The fourth-order valence-electron chi connectivity index (χ4n) is 2.13. The summed E-state index contributed by atoms with van der Waals surface area (Å²) in [4.78, 5) is 11.6. The van der Waals surface area contributed by atoms with Crippen molar-refractivity contribution >= 4 is 11.7 Å². The summed E-state index contributed by atoms with van der Waals surface area (Å²) in [6, 6.07) is 0. The van der Waals surface area contributed by atoms with Gasteiger partial charge in [0.25, 0.3) is 0 Å². The number of carbonyl (C=O) groups excluding carboxylic acids is 1. The van der Waals surface area contributed by atoms with Gasteiger partial charge in [0.1, 0.15) is 0 Å². The van der Waals surface area contributed by atoms with E-state index in [2.05, 4.69) is 17.4 Å². The molecule has 1 amide bonds. The van der Waals surface area contributed by atoms with Gasteiger partial charge in [-0.15, -0.1) is 0 Å². The molecule has 0 aromatic carbocycles. The lowest BCUT2D eigenvalue weighted by atomic mass is 9.98. The Bertz CT molecular complexity index is 278. The lowest BCUT2D eigenvalue weighted by molar-refractivity contribution is -0.122. The Labute approximate surface area is 96.1 Å². The first kappa shape index (κ1) is 12.8. The Balaban J connectivity index is 2.35. The molecule has 0 aliphatic heterocycles. The van der Waals surface area contributed by atoms with Gasteiger partial charge in [0, 0.05) is 6.54 Å². The third-order valence-corrected chi connectivity index (χ3v) is 3.53. The van der Waals surface area contributed by atoms with E-state index in [0.29, 0.717) is 18.4 Å². The van der Waals surface area contributed by atoms with Crippen molar-refractivity contribution < 1.29 is 10.0 Å². The van der Waals surface area contributed by atoms with E-state index in [0.717, 1.165) is 0 Å². The molecule has 4 N–H and O–H groups in total. The molecule has 0 heterocycles. The molecule has 0 saturated heterocycles. The van der Waals surface area contributed by atoms with Gasteiger partial charge in [-0.1, -0.05) is 24.9 Å². The van der Waals surface area contributed by atoms with Gasteiger partial charge in [-0.05, 0) is 25.2 Å². The molecule has 16 heavy (non-hydrogen) atoms. The summed E-state index contributed by atoms with van der Waals surface area (Å²) in [6.07, 6.45) is 3.67. The van der Waals surface area contributed by atoms with Crippen molar-refractivity contribution in [3.8, 4) is 0 Å². The average Bonchev–Trinajstić information content (AvgIpc) is 2.69. The third-order valence-electron chi connectivity index (χ3n) is 3.53. The molecule has 1 saturated carbocycles. The van der Waals surface area contributed by atoms with Gasteiger partial charge in [0.15, 0.2) is 5.84 Å². The molecule has 5 heteroatoms. The smallest absolute Gasteiger partial charge is 0.230 e. The van der Waals surface area contributed by atoms with Crippen molar-refractivity contribution in [3.05, 3.63) is 0 Å². The van der Waals surface area contributed by atoms with Crippen LogP contribution in [-0.4, -0.2) is 23.5 Å². The molecule has 1 rings (SSSR count). The Morgan fingerprint density at radius 1 is 1.62 bits per heavy atom. The molecule has 3 atom stereocenters. The molecule has 0 bridgehead atoms. The van der Waals surface area contributed by atoms with Gasteiger partial charge in [-0.3, -0.25) is 4.79 Å². The number of nitrogens with two attached hydrogens (primary N) is 1. The Kier molecular flexibility index (Phi) is 4.58. The summed E-state index contributed by atoms with van der Waals surface area (Å²) >= 11 is 0. The van der Waals surface area contributed by atoms with Crippen LogP contribution in [0, 0.1) is 17.8 Å². The lowest BCUT2D eigenvalue weighted by Crippen LogP contribution is -2.39. The van der Waals surface area contributed by atoms with Gasteiger partial charge >= 0.3 is 0 Å². The molecule has 3 unspecified atom stereocenters. The first-order chi connectivity index (χ1) is 7.56. The van der Waals surface area contributed by atoms with Crippen LogP contribution in [0.2, 0.25) is 0 Å². The number of hydrogen-bond acceptors (Lipinski definition) is 3. The van der Waals surface area contributed by atoms with Crippen molar-refractivity contribution in [2.75, 3.05) is 6.54 Å². The highest BCUT2D eigenvalue weighted by Gasteiger charge is 2.25. The van der Waals surface area contributed by atoms with Crippen LogP contribution in [0.15, 0.2) is 5.16 Å². The highest BCUT2D eigenvalue weighted by Crippen LogP contribution is 2.30. The zero-order valence-electron chi connectivity index (χ0n) is 9.94. The number of rotatable bonds is 4. The van der Waals surface area contributed by atoms with Crippen molar-refractivity contribution in [2.24, 2.45) is 28.6 Å². The van der Waals surface area contributed by atoms with Crippen molar-refractivity contribution in [3.63, 3.8) is 0 Å². The van der Waals surface area contributed by atoms with Crippen LogP contribution >= 0.6 is 0 Å². The highest BCUT2D eigenvalue weighted by molar-refractivity contribution is 6.01. The van der Waals surface area contributed by atoms with E-state index in [4.69, 9.17) is 10.9 Å². The zero-order chi connectivity index (χ0) is 12.1. The summed E-state index contributed by atoms with van der Waals surface area (Å²) in [6.45, 7) is 4.54. The normalized spacial score (nSPS) is 27.8.